The Bertz CT molecular complexity index is 611. The zero-order valence-electron chi connectivity index (χ0n) is 11.7. The van der Waals surface area contributed by atoms with Crippen LogP contribution in [0.2, 0.25) is 0 Å². The Morgan fingerprint density at radius 1 is 1.29 bits per heavy atom. The molecule has 2 aromatic rings. The number of likely N-dealkylation sites (tertiary alicyclic amines) is 1. The van der Waals surface area contributed by atoms with Crippen LogP contribution in [0, 0.1) is 5.92 Å². The van der Waals surface area contributed by atoms with Crippen molar-refractivity contribution in [3.63, 3.8) is 0 Å². The summed E-state index contributed by atoms with van der Waals surface area (Å²) < 4.78 is 5.45. The smallest absolute Gasteiger partial charge is 0.244 e. The van der Waals surface area contributed by atoms with E-state index in [9.17, 15) is 5.11 Å². The molecule has 2 fully saturated rings. The lowest BCUT2D eigenvalue weighted by atomic mass is 10.2. The Labute approximate surface area is 122 Å². The predicted molar refractivity (Wildman–Crippen MR) is 75.2 cm³/mol. The van der Waals surface area contributed by atoms with E-state index < -0.39 is 0 Å². The fraction of sp³-hybridized carbons (Fsp3) is 0.533. The van der Waals surface area contributed by atoms with Crippen LogP contribution in [0.3, 0.4) is 0 Å². The Balaban J connectivity index is 1.56. The van der Waals surface area contributed by atoms with Crippen molar-refractivity contribution in [2.24, 2.45) is 5.92 Å². The van der Waals surface area contributed by atoms with Gasteiger partial charge in [-0.2, -0.15) is 4.98 Å². The van der Waals surface area contributed by atoms with E-state index in [4.69, 9.17) is 4.52 Å². The van der Waals surface area contributed by atoms with Gasteiger partial charge in [0.2, 0.25) is 11.7 Å². The summed E-state index contributed by atoms with van der Waals surface area (Å²) in [7, 11) is 0. The van der Waals surface area contributed by atoms with Crippen LogP contribution >= 0.6 is 0 Å². The molecule has 2 unspecified atom stereocenters. The number of aliphatic hydroxyl groups excluding tert-OH is 1. The van der Waals surface area contributed by atoms with Crippen LogP contribution in [-0.2, 0) is 0 Å². The highest BCUT2D eigenvalue weighted by atomic mass is 16.5. The highest BCUT2D eigenvalue weighted by Gasteiger charge is 2.38. The molecule has 110 valence electrons. The topological polar surface area (TPSA) is 75.3 Å². The average Bonchev–Trinajstić information content (AvgIpc) is 3.05. The Morgan fingerprint density at radius 3 is 2.86 bits per heavy atom. The maximum atomic E-state index is 9.95. The molecule has 1 saturated carbocycles. The van der Waals surface area contributed by atoms with E-state index >= 15 is 0 Å². The van der Waals surface area contributed by atoms with Crippen LogP contribution in [0.5, 0.6) is 0 Å². The van der Waals surface area contributed by atoms with Crippen molar-refractivity contribution in [3.05, 3.63) is 30.4 Å². The first-order chi connectivity index (χ1) is 10.3. The quantitative estimate of drug-likeness (QED) is 0.921. The first-order valence-corrected chi connectivity index (χ1v) is 7.45. The van der Waals surface area contributed by atoms with Gasteiger partial charge < -0.3 is 9.63 Å². The molecule has 1 aliphatic carbocycles. The third-order valence-corrected chi connectivity index (χ3v) is 4.24. The van der Waals surface area contributed by atoms with E-state index in [1.165, 1.54) is 12.8 Å². The van der Waals surface area contributed by atoms with Gasteiger partial charge in [-0.15, -0.1) is 0 Å². The highest BCUT2D eigenvalue weighted by molar-refractivity contribution is 5.52. The summed E-state index contributed by atoms with van der Waals surface area (Å²) in [5.74, 6) is 1.97. The molecule has 1 saturated heterocycles. The first-order valence-electron chi connectivity index (χ1n) is 7.45. The molecule has 4 rings (SSSR count). The van der Waals surface area contributed by atoms with Gasteiger partial charge in [0, 0.05) is 31.0 Å². The molecule has 0 amide bonds. The third-order valence-electron chi connectivity index (χ3n) is 4.24. The summed E-state index contributed by atoms with van der Waals surface area (Å²) in [6.45, 7) is 1.73. The van der Waals surface area contributed by atoms with Crippen molar-refractivity contribution < 1.29 is 9.63 Å². The van der Waals surface area contributed by atoms with E-state index in [0.29, 0.717) is 24.7 Å². The second kappa shape index (κ2) is 5.20. The average molecular weight is 286 g/mol. The van der Waals surface area contributed by atoms with E-state index in [1.54, 1.807) is 12.4 Å². The first kappa shape index (κ1) is 12.9. The Kier molecular flexibility index (Phi) is 3.20. The van der Waals surface area contributed by atoms with Gasteiger partial charge in [-0.3, -0.25) is 9.88 Å². The molecule has 2 aliphatic rings. The molecule has 1 N–H and O–H groups in total. The summed E-state index contributed by atoms with van der Waals surface area (Å²) >= 11 is 0. The fourth-order valence-electron chi connectivity index (χ4n) is 2.96. The van der Waals surface area contributed by atoms with Crippen LogP contribution in [0.1, 0.15) is 31.2 Å². The molecule has 0 radical (unpaired) electrons. The van der Waals surface area contributed by atoms with Crippen molar-refractivity contribution in [3.8, 4) is 11.4 Å². The SMILES string of the molecule is OC1CC(c2nc(-c3ccncc3)no2)N(CC2CC2)C1. The molecular weight excluding hydrogens is 268 g/mol. The third kappa shape index (κ3) is 2.69. The van der Waals surface area contributed by atoms with Gasteiger partial charge in [0.15, 0.2) is 0 Å². The lowest BCUT2D eigenvalue weighted by Crippen LogP contribution is -2.27. The van der Waals surface area contributed by atoms with Crippen molar-refractivity contribution in [2.45, 2.75) is 31.4 Å². The van der Waals surface area contributed by atoms with Crippen molar-refractivity contribution in [1.82, 2.24) is 20.0 Å². The molecule has 6 nitrogen and oxygen atoms in total. The minimum absolute atomic E-state index is 0.0451. The highest BCUT2D eigenvalue weighted by Crippen LogP contribution is 2.37. The van der Waals surface area contributed by atoms with Gasteiger partial charge in [0.05, 0.1) is 12.1 Å². The number of aliphatic hydroxyl groups is 1. The molecule has 3 heterocycles. The van der Waals surface area contributed by atoms with Gasteiger partial charge in [0.25, 0.3) is 0 Å². The molecule has 21 heavy (non-hydrogen) atoms. The van der Waals surface area contributed by atoms with Gasteiger partial charge in [-0.05, 0) is 37.3 Å². The van der Waals surface area contributed by atoms with E-state index in [-0.39, 0.29) is 12.1 Å². The lowest BCUT2D eigenvalue weighted by Gasteiger charge is -2.20. The maximum absolute atomic E-state index is 9.95. The molecule has 1 aliphatic heterocycles. The Morgan fingerprint density at radius 2 is 2.10 bits per heavy atom. The van der Waals surface area contributed by atoms with Crippen LogP contribution < -0.4 is 0 Å². The standard InChI is InChI=1S/C15H18N4O2/c20-12-7-13(19(9-12)8-10-1-2-10)15-17-14(18-21-15)11-3-5-16-6-4-11/h3-6,10,12-13,20H,1-2,7-9H2. The van der Waals surface area contributed by atoms with Crippen LogP contribution in [0.25, 0.3) is 11.4 Å². The van der Waals surface area contributed by atoms with Gasteiger partial charge in [-0.25, -0.2) is 0 Å². The monoisotopic (exact) mass is 286 g/mol. The molecular formula is C15H18N4O2. The summed E-state index contributed by atoms with van der Waals surface area (Å²) in [5, 5.41) is 14.0. The molecule has 2 atom stereocenters. The predicted octanol–water partition coefficient (Wildman–Crippen LogP) is 1.65. The second-order valence-electron chi connectivity index (χ2n) is 5.99. The van der Waals surface area contributed by atoms with Crippen molar-refractivity contribution >= 4 is 0 Å². The zero-order chi connectivity index (χ0) is 14.2. The van der Waals surface area contributed by atoms with E-state index in [2.05, 4.69) is 20.0 Å². The minimum atomic E-state index is -0.301. The van der Waals surface area contributed by atoms with E-state index in [0.717, 1.165) is 18.0 Å². The van der Waals surface area contributed by atoms with Crippen LogP contribution in [0.15, 0.2) is 29.0 Å². The van der Waals surface area contributed by atoms with Gasteiger partial charge >= 0.3 is 0 Å². The zero-order valence-corrected chi connectivity index (χ0v) is 11.7. The fourth-order valence-corrected chi connectivity index (χ4v) is 2.96. The number of pyridine rings is 1. The van der Waals surface area contributed by atoms with Crippen molar-refractivity contribution in [1.29, 1.82) is 0 Å². The van der Waals surface area contributed by atoms with Crippen molar-refractivity contribution in [2.75, 3.05) is 13.1 Å². The van der Waals surface area contributed by atoms with Crippen LogP contribution in [0.4, 0.5) is 0 Å². The number of rotatable bonds is 4. The number of aromatic nitrogens is 3. The maximum Gasteiger partial charge on any atom is 0.244 e. The minimum Gasteiger partial charge on any atom is -0.392 e. The van der Waals surface area contributed by atoms with Gasteiger partial charge in [0.1, 0.15) is 0 Å². The number of β-amino-alcohol motifs (C(OH)–C–C–N with tert-alkyl or cyclic N) is 1. The molecule has 6 heteroatoms. The summed E-state index contributed by atoms with van der Waals surface area (Å²) in [6, 6.07) is 3.77. The van der Waals surface area contributed by atoms with Gasteiger partial charge in [-0.1, -0.05) is 5.16 Å². The number of hydrogen-bond donors (Lipinski definition) is 1. The summed E-state index contributed by atoms with van der Waals surface area (Å²) in [6.07, 6.45) is 6.39. The summed E-state index contributed by atoms with van der Waals surface area (Å²) in [4.78, 5) is 10.8. The number of hydrogen-bond acceptors (Lipinski definition) is 6. The molecule has 0 spiro atoms. The largest absolute Gasteiger partial charge is 0.392 e. The lowest BCUT2D eigenvalue weighted by molar-refractivity contribution is 0.170. The second-order valence-corrected chi connectivity index (χ2v) is 5.99. The summed E-state index contributed by atoms with van der Waals surface area (Å²) in [5.41, 5.74) is 0.896. The Hall–Kier alpha value is -1.79. The van der Waals surface area contributed by atoms with Crippen LogP contribution in [-0.4, -0.2) is 44.3 Å². The number of nitrogens with zero attached hydrogens (tertiary/aromatic N) is 4. The molecule has 2 aromatic heterocycles. The normalized spacial score (nSPS) is 26.3. The molecule has 0 aromatic carbocycles. The molecule has 0 bridgehead atoms. The van der Waals surface area contributed by atoms with E-state index in [1.807, 2.05) is 12.1 Å².